The predicted octanol–water partition coefficient (Wildman–Crippen LogP) is 4.42. The zero-order valence-electron chi connectivity index (χ0n) is 10.4. The molecule has 1 atom stereocenters. The number of rotatable bonds is 4. The van der Waals surface area contributed by atoms with Crippen molar-refractivity contribution in [1.29, 1.82) is 0 Å². The molecule has 0 aliphatic rings. The standard InChI is InChI=1S/C15H12Cl2F2O/c16-11-5-4-9(13(17)8-11)6-12(20)7-10-2-1-3-14(18)15(10)19/h1-5,8,12,20H,6-7H2. The molecule has 0 saturated carbocycles. The van der Waals surface area contributed by atoms with Gasteiger partial charge in [-0.3, -0.25) is 0 Å². The van der Waals surface area contributed by atoms with Crippen LogP contribution in [0.25, 0.3) is 0 Å². The largest absolute Gasteiger partial charge is 0.392 e. The van der Waals surface area contributed by atoms with Gasteiger partial charge < -0.3 is 5.11 Å². The maximum absolute atomic E-state index is 13.5. The molecule has 0 fully saturated rings. The maximum Gasteiger partial charge on any atom is 0.162 e. The van der Waals surface area contributed by atoms with Crippen LogP contribution in [0.4, 0.5) is 8.78 Å². The average molecular weight is 317 g/mol. The Kier molecular flexibility index (Phi) is 4.97. The molecular weight excluding hydrogens is 305 g/mol. The van der Waals surface area contributed by atoms with Gasteiger partial charge in [0, 0.05) is 22.9 Å². The quantitative estimate of drug-likeness (QED) is 0.885. The van der Waals surface area contributed by atoms with E-state index in [4.69, 9.17) is 23.2 Å². The summed E-state index contributed by atoms with van der Waals surface area (Å²) in [5.74, 6) is -1.84. The van der Waals surface area contributed by atoms with Crippen molar-refractivity contribution in [3.8, 4) is 0 Å². The van der Waals surface area contributed by atoms with Gasteiger partial charge in [0.2, 0.25) is 0 Å². The predicted molar refractivity (Wildman–Crippen MR) is 76.2 cm³/mol. The molecule has 106 valence electrons. The van der Waals surface area contributed by atoms with Crippen molar-refractivity contribution < 1.29 is 13.9 Å². The van der Waals surface area contributed by atoms with Gasteiger partial charge in [0.1, 0.15) is 0 Å². The summed E-state index contributed by atoms with van der Waals surface area (Å²) in [6, 6.07) is 8.85. The van der Waals surface area contributed by atoms with Crippen molar-refractivity contribution >= 4 is 23.2 Å². The normalized spacial score (nSPS) is 12.4. The summed E-state index contributed by atoms with van der Waals surface area (Å²) in [6.45, 7) is 0. The van der Waals surface area contributed by atoms with Crippen LogP contribution >= 0.6 is 23.2 Å². The number of halogens is 4. The Bertz CT molecular complexity index is 617. The Morgan fingerprint density at radius 2 is 1.70 bits per heavy atom. The molecule has 0 heterocycles. The number of aliphatic hydroxyl groups is 1. The monoisotopic (exact) mass is 316 g/mol. The Morgan fingerprint density at radius 3 is 2.40 bits per heavy atom. The van der Waals surface area contributed by atoms with E-state index in [9.17, 15) is 13.9 Å². The van der Waals surface area contributed by atoms with Crippen molar-refractivity contribution in [3.05, 3.63) is 69.2 Å². The molecule has 2 aromatic rings. The van der Waals surface area contributed by atoms with E-state index in [1.54, 1.807) is 18.2 Å². The summed E-state index contributed by atoms with van der Waals surface area (Å²) in [5, 5.41) is 10.9. The van der Waals surface area contributed by atoms with Gasteiger partial charge in [-0.05, 0) is 29.3 Å². The second-order valence-corrected chi connectivity index (χ2v) is 5.35. The third-order valence-electron chi connectivity index (χ3n) is 2.96. The zero-order valence-corrected chi connectivity index (χ0v) is 11.9. The summed E-state index contributed by atoms with van der Waals surface area (Å²) >= 11 is 11.8. The third-order valence-corrected chi connectivity index (χ3v) is 3.54. The molecule has 1 unspecified atom stereocenters. The second kappa shape index (κ2) is 6.53. The summed E-state index contributed by atoms with van der Waals surface area (Å²) in [5.41, 5.74) is 0.850. The number of hydrogen-bond acceptors (Lipinski definition) is 1. The summed E-state index contributed by atoms with van der Waals surface area (Å²) in [4.78, 5) is 0. The molecule has 0 aliphatic carbocycles. The fourth-order valence-corrected chi connectivity index (χ4v) is 2.46. The lowest BCUT2D eigenvalue weighted by atomic mass is 10.0. The van der Waals surface area contributed by atoms with Crippen molar-refractivity contribution in [2.24, 2.45) is 0 Å². The lowest BCUT2D eigenvalue weighted by Gasteiger charge is -2.13. The molecule has 0 radical (unpaired) electrons. The van der Waals surface area contributed by atoms with Crippen molar-refractivity contribution in [1.82, 2.24) is 0 Å². The number of aliphatic hydroxyl groups excluding tert-OH is 1. The minimum Gasteiger partial charge on any atom is -0.392 e. The molecule has 0 aromatic heterocycles. The van der Waals surface area contributed by atoms with Crippen molar-refractivity contribution in [2.75, 3.05) is 0 Å². The summed E-state index contributed by atoms with van der Waals surface area (Å²) < 4.78 is 26.6. The lowest BCUT2D eigenvalue weighted by Crippen LogP contribution is -2.15. The molecule has 20 heavy (non-hydrogen) atoms. The molecule has 0 amide bonds. The fraction of sp³-hybridized carbons (Fsp3) is 0.200. The number of hydrogen-bond donors (Lipinski definition) is 1. The molecule has 1 nitrogen and oxygen atoms in total. The highest BCUT2D eigenvalue weighted by Gasteiger charge is 2.14. The van der Waals surface area contributed by atoms with Gasteiger partial charge in [-0.2, -0.15) is 0 Å². The van der Waals surface area contributed by atoms with Gasteiger partial charge in [0.25, 0.3) is 0 Å². The molecule has 2 rings (SSSR count). The SMILES string of the molecule is OC(Cc1ccc(Cl)cc1Cl)Cc1cccc(F)c1F. The van der Waals surface area contributed by atoms with Crippen LogP contribution in [0.5, 0.6) is 0 Å². The topological polar surface area (TPSA) is 20.2 Å². The van der Waals surface area contributed by atoms with Gasteiger partial charge >= 0.3 is 0 Å². The van der Waals surface area contributed by atoms with E-state index in [1.165, 1.54) is 12.1 Å². The van der Waals surface area contributed by atoms with Crippen LogP contribution in [-0.2, 0) is 12.8 Å². The molecule has 2 aromatic carbocycles. The van der Waals surface area contributed by atoms with Crippen LogP contribution in [0.1, 0.15) is 11.1 Å². The first-order valence-corrected chi connectivity index (χ1v) is 6.78. The van der Waals surface area contributed by atoms with E-state index >= 15 is 0 Å². The van der Waals surface area contributed by atoms with Gasteiger partial charge in [-0.25, -0.2) is 8.78 Å². The first-order chi connectivity index (χ1) is 9.47. The molecule has 0 bridgehead atoms. The van der Waals surface area contributed by atoms with E-state index in [-0.39, 0.29) is 18.4 Å². The van der Waals surface area contributed by atoms with E-state index in [0.717, 1.165) is 6.07 Å². The molecule has 0 saturated heterocycles. The van der Waals surface area contributed by atoms with Crippen LogP contribution in [0.15, 0.2) is 36.4 Å². The van der Waals surface area contributed by atoms with Crippen LogP contribution in [-0.4, -0.2) is 11.2 Å². The molecule has 1 N–H and O–H groups in total. The van der Waals surface area contributed by atoms with Crippen LogP contribution < -0.4 is 0 Å². The highest BCUT2D eigenvalue weighted by atomic mass is 35.5. The highest BCUT2D eigenvalue weighted by Crippen LogP contribution is 2.23. The van der Waals surface area contributed by atoms with E-state index in [2.05, 4.69) is 0 Å². The van der Waals surface area contributed by atoms with Crippen LogP contribution in [0.2, 0.25) is 10.0 Å². The maximum atomic E-state index is 13.5. The number of benzene rings is 2. The van der Waals surface area contributed by atoms with Crippen LogP contribution in [0, 0.1) is 11.6 Å². The van der Waals surface area contributed by atoms with Crippen molar-refractivity contribution in [2.45, 2.75) is 18.9 Å². The van der Waals surface area contributed by atoms with E-state index in [0.29, 0.717) is 15.6 Å². The Morgan fingerprint density at radius 1 is 1.00 bits per heavy atom. The lowest BCUT2D eigenvalue weighted by molar-refractivity contribution is 0.174. The van der Waals surface area contributed by atoms with Gasteiger partial charge in [-0.1, -0.05) is 41.4 Å². The first-order valence-electron chi connectivity index (χ1n) is 6.02. The smallest absolute Gasteiger partial charge is 0.162 e. The summed E-state index contributed by atoms with van der Waals surface area (Å²) in [7, 11) is 0. The van der Waals surface area contributed by atoms with E-state index < -0.39 is 17.7 Å². The van der Waals surface area contributed by atoms with E-state index in [1.807, 2.05) is 0 Å². The minimum absolute atomic E-state index is 0.0164. The van der Waals surface area contributed by atoms with Gasteiger partial charge in [0.05, 0.1) is 6.10 Å². The Labute approximate surface area is 125 Å². The fourth-order valence-electron chi connectivity index (χ4n) is 1.97. The van der Waals surface area contributed by atoms with Gasteiger partial charge in [0.15, 0.2) is 11.6 Å². The van der Waals surface area contributed by atoms with Crippen LogP contribution in [0.3, 0.4) is 0 Å². The molecule has 0 aliphatic heterocycles. The third kappa shape index (κ3) is 3.69. The Balaban J connectivity index is 2.09. The molecular formula is C15H12Cl2F2O. The zero-order chi connectivity index (χ0) is 14.7. The van der Waals surface area contributed by atoms with Crippen molar-refractivity contribution in [3.63, 3.8) is 0 Å². The molecule has 0 spiro atoms. The Hall–Kier alpha value is -1.16. The highest BCUT2D eigenvalue weighted by molar-refractivity contribution is 6.35. The second-order valence-electron chi connectivity index (χ2n) is 4.51. The minimum atomic E-state index is -0.922. The van der Waals surface area contributed by atoms with Gasteiger partial charge in [-0.15, -0.1) is 0 Å². The summed E-state index contributed by atoms with van der Waals surface area (Å²) in [6.07, 6.45) is -0.598. The first kappa shape index (κ1) is 15.2. The molecule has 5 heteroatoms. The average Bonchev–Trinajstić information content (AvgIpc) is 2.38.